The number of thiophene rings is 1. The Morgan fingerprint density at radius 1 is 1.32 bits per heavy atom. The van der Waals surface area contributed by atoms with Crippen LogP contribution < -0.4 is 11.1 Å². The highest BCUT2D eigenvalue weighted by Gasteiger charge is 2.23. The van der Waals surface area contributed by atoms with E-state index in [1.807, 2.05) is 13.0 Å². The van der Waals surface area contributed by atoms with Gasteiger partial charge < -0.3 is 15.8 Å². The number of hydrogen-bond donors (Lipinski definition) is 2. The first-order valence-electron chi connectivity index (χ1n) is 8.61. The van der Waals surface area contributed by atoms with Gasteiger partial charge in [-0.1, -0.05) is 30.3 Å². The van der Waals surface area contributed by atoms with Gasteiger partial charge >= 0.3 is 0 Å². The number of fused-ring (bicyclic) bond motifs is 1. The van der Waals surface area contributed by atoms with Gasteiger partial charge in [0.2, 0.25) is 0 Å². The zero-order valence-electron chi connectivity index (χ0n) is 14.2. The van der Waals surface area contributed by atoms with Gasteiger partial charge in [0.05, 0.1) is 12.0 Å². The number of nitrogens with zero attached hydrogens (tertiary/aromatic N) is 2. The van der Waals surface area contributed by atoms with Gasteiger partial charge in [-0.3, -0.25) is 0 Å². The first-order chi connectivity index (χ1) is 12.2. The van der Waals surface area contributed by atoms with E-state index >= 15 is 0 Å². The molecule has 0 amide bonds. The van der Waals surface area contributed by atoms with E-state index in [1.54, 1.807) is 11.3 Å². The molecule has 1 fully saturated rings. The number of aromatic nitrogens is 2. The second-order valence-corrected chi connectivity index (χ2v) is 7.34. The maximum absolute atomic E-state index is 6.35. The Balaban J connectivity index is 1.66. The number of ether oxygens (including phenoxy) is 1. The summed E-state index contributed by atoms with van der Waals surface area (Å²) < 4.78 is 5.45. The Bertz CT molecular complexity index is 858. The van der Waals surface area contributed by atoms with E-state index in [4.69, 9.17) is 10.5 Å². The van der Waals surface area contributed by atoms with E-state index < -0.39 is 0 Å². The van der Waals surface area contributed by atoms with Gasteiger partial charge in [-0.05, 0) is 18.9 Å². The van der Waals surface area contributed by atoms with E-state index in [1.165, 1.54) is 11.1 Å². The summed E-state index contributed by atoms with van der Waals surface area (Å²) in [5.74, 6) is 2.06. The Labute approximate surface area is 151 Å². The quantitative estimate of drug-likeness (QED) is 0.734. The third-order valence-electron chi connectivity index (χ3n) is 4.71. The lowest BCUT2D eigenvalue weighted by Gasteiger charge is -2.19. The predicted octanol–water partition coefficient (Wildman–Crippen LogP) is 3.44. The van der Waals surface area contributed by atoms with E-state index in [9.17, 15) is 0 Å². The van der Waals surface area contributed by atoms with Crippen LogP contribution in [0.1, 0.15) is 12.2 Å². The largest absolute Gasteiger partial charge is 0.381 e. The summed E-state index contributed by atoms with van der Waals surface area (Å²) in [6.45, 7) is 4.19. The standard InChI is InChI=1S/C19H22N4OS/c1-12-22-18(21-9-16(20)14-7-8-24-10-14)17-15(11-25-19(17)23-12)13-5-3-2-4-6-13/h2-6,11,14,16H,7-10,20H2,1H3,(H,21,22,23). The second kappa shape index (κ2) is 7.07. The molecule has 3 aromatic rings. The Morgan fingerprint density at radius 2 is 2.16 bits per heavy atom. The van der Waals surface area contributed by atoms with E-state index in [-0.39, 0.29) is 6.04 Å². The van der Waals surface area contributed by atoms with E-state index in [2.05, 4.69) is 44.9 Å². The summed E-state index contributed by atoms with van der Waals surface area (Å²) in [5, 5.41) is 6.71. The van der Waals surface area contributed by atoms with Gasteiger partial charge in [0, 0.05) is 36.1 Å². The van der Waals surface area contributed by atoms with Crippen LogP contribution >= 0.6 is 11.3 Å². The monoisotopic (exact) mass is 354 g/mol. The summed E-state index contributed by atoms with van der Waals surface area (Å²) >= 11 is 1.65. The number of nitrogens with two attached hydrogens (primary N) is 1. The molecule has 0 bridgehead atoms. The van der Waals surface area contributed by atoms with Gasteiger partial charge in [-0.2, -0.15) is 0 Å². The second-order valence-electron chi connectivity index (χ2n) is 6.48. The van der Waals surface area contributed by atoms with Crippen LogP contribution in [0.25, 0.3) is 21.3 Å². The fourth-order valence-electron chi connectivity index (χ4n) is 3.28. The summed E-state index contributed by atoms with van der Waals surface area (Å²) in [6, 6.07) is 10.4. The van der Waals surface area contributed by atoms with Crippen molar-refractivity contribution >= 4 is 27.4 Å². The van der Waals surface area contributed by atoms with E-state index in [0.29, 0.717) is 12.5 Å². The number of nitrogens with one attached hydrogen (secondary N) is 1. The molecule has 2 unspecified atom stereocenters. The van der Waals surface area contributed by atoms with Crippen molar-refractivity contribution in [1.29, 1.82) is 0 Å². The molecule has 25 heavy (non-hydrogen) atoms. The molecule has 5 nitrogen and oxygen atoms in total. The zero-order valence-corrected chi connectivity index (χ0v) is 15.1. The van der Waals surface area contributed by atoms with Crippen molar-refractivity contribution in [1.82, 2.24) is 9.97 Å². The van der Waals surface area contributed by atoms with Crippen LogP contribution in [0.15, 0.2) is 35.7 Å². The molecule has 0 radical (unpaired) electrons. The molecule has 2 aromatic heterocycles. The summed E-state index contributed by atoms with van der Waals surface area (Å²) in [4.78, 5) is 10.3. The Kier molecular flexibility index (Phi) is 4.65. The normalized spacial score (nSPS) is 18.6. The molecule has 3 N–H and O–H groups in total. The molecule has 1 aliphatic rings. The van der Waals surface area contributed by atoms with Crippen LogP contribution in [0.3, 0.4) is 0 Å². The minimum absolute atomic E-state index is 0.0617. The van der Waals surface area contributed by atoms with Crippen LogP contribution in [0.4, 0.5) is 5.82 Å². The fraction of sp³-hybridized carbons (Fsp3) is 0.368. The van der Waals surface area contributed by atoms with Crippen LogP contribution in [0.5, 0.6) is 0 Å². The number of aryl methyl sites for hydroxylation is 1. The van der Waals surface area contributed by atoms with E-state index in [0.717, 1.165) is 41.5 Å². The minimum atomic E-state index is 0.0617. The Morgan fingerprint density at radius 3 is 2.92 bits per heavy atom. The van der Waals surface area contributed by atoms with Crippen molar-refractivity contribution in [3.05, 3.63) is 41.5 Å². The molecule has 130 valence electrons. The highest BCUT2D eigenvalue weighted by molar-refractivity contribution is 7.17. The van der Waals surface area contributed by atoms with Crippen molar-refractivity contribution in [3.8, 4) is 11.1 Å². The molecule has 0 aliphatic carbocycles. The molecule has 6 heteroatoms. The lowest BCUT2D eigenvalue weighted by molar-refractivity contribution is 0.181. The highest BCUT2D eigenvalue weighted by Crippen LogP contribution is 2.36. The smallest absolute Gasteiger partial charge is 0.139 e. The lowest BCUT2D eigenvalue weighted by Crippen LogP contribution is -2.37. The summed E-state index contributed by atoms with van der Waals surface area (Å²) in [5.41, 5.74) is 8.70. The van der Waals surface area contributed by atoms with Crippen molar-refractivity contribution in [2.45, 2.75) is 19.4 Å². The average molecular weight is 354 g/mol. The predicted molar refractivity (Wildman–Crippen MR) is 103 cm³/mol. The van der Waals surface area contributed by atoms with Gasteiger partial charge in [0.1, 0.15) is 16.5 Å². The average Bonchev–Trinajstić information content (AvgIpc) is 3.30. The minimum Gasteiger partial charge on any atom is -0.381 e. The third-order valence-corrected chi connectivity index (χ3v) is 5.58. The summed E-state index contributed by atoms with van der Waals surface area (Å²) in [7, 11) is 0. The van der Waals surface area contributed by atoms with Gasteiger partial charge in [0.25, 0.3) is 0 Å². The molecule has 4 rings (SSSR count). The number of anilines is 1. The fourth-order valence-corrected chi connectivity index (χ4v) is 4.27. The molecule has 1 aromatic carbocycles. The molecular formula is C19H22N4OS. The van der Waals surface area contributed by atoms with Gasteiger partial charge in [-0.15, -0.1) is 11.3 Å². The zero-order chi connectivity index (χ0) is 17.2. The molecule has 0 saturated carbocycles. The SMILES string of the molecule is Cc1nc(NCC(N)C2CCOC2)c2c(-c3ccccc3)csc2n1. The van der Waals surface area contributed by atoms with Crippen LogP contribution in [0.2, 0.25) is 0 Å². The molecule has 1 aliphatic heterocycles. The van der Waals surface area contributed by atoms with Crippen LogP contribution in [-0.2, 0) is 4.74 Å². The molecule has 1 saturated heterocycles. The van der Waals surface area contributed by atoms with Crippen LogP contribution in [0, 0.1) is 12.8 Å². The van der Waals surface area contributed by atoms with Gasteiger partial charge in [0.15, 0.2) is 0 Å². The van der Waals surface area contributed by atoms with Gasteiger partial charge in [-0.25, -0.2) is 9.97 Å². The van der Waals surface area contributed by atoms with Crippen molar-refractivity contribution in [3.63, 3.8) is 0 Å². The summed E-state index contributed by atoms with van der Waals surface area (Å²) in [6.07, 6.45) is 1.04. The molecule has 2 atom stereocenters. The molecule has 0 spiro atoms. The van der Waals surface area contributed by atoms with Crippen LogP contribution in [-0.4, -0.2) is 35.8 Å². The first kappa shape index (κ1) is 16.4. The van der Waals surface area contributed by atoms with Crippen molar-refractivity contribution in [2.24, 2.45) is 11.7 Å². The number of hydrogen-bond acceptors (Lipinski definition) is 6. The maximum atomic E-state index is 6.35. The third kappa shape index (κ3) is 3.38. The molecular weight excluding hydrogens is 332 g/mol. The molecule has 3 heterocycles. The Hall–Kier alpha value is -2.02. The highest BCUT2D eigenvalue weighted by atomic mass is 32.1. The number of rotatable bonds is 5. The maximum Gasteiger partial charge on any atom is 0.139 e. The lowest BCUT2D eigenvalue weighted by atomic mass is 10.00. The first-order valence-corrected chi connectivity index (χ1v) is 9.49. The topological polar surface area (TPSA) is 73.1 Å². The number of benzene rings is 1. The van der Waals surface area contributed by atoms with Crippen molar-refractivity contribution in [2.75, 3.05) is 25.1 Å². The van der Waals surface area contributed by atoms with Crippen molar-refractivity contribution < 1.29 is 4.74 Å².